The molecule has 24 heavy (non-hydrogen) atoms. The standard InChI is InChI=1S/C19H23N3O2/c1-14(23)15-8-10-17(11-9-15)21-19(24)16(12-20)13-22(2)18-6-4-3-5-7-18/h8-11,13,18H,3-7H2,1-2H3,(H,21,24)/b16-13-. The molecular weight excluding hydrogens is 302 g/mol. The highest BCUT2D eigenvalue weighted by Gasteiger charge is 2.18. The molecule has 0 heterocycles. The number of nitrogens with one attached hydrogen (secondary N) is 1. The molecule has 0 saturated heterocycles. The molecule has 0 bridgehead atoms. The average molecular weight is 325 g/mol. The fourth-order valence-corrected chi connectivity index (χ4v) is 2.92. The predicted octanol–water partition coefficient (Wildman–Crippen LogP) is 3.50. The van der Waals surface area contributed by atoms with Gasteiger partial charge >= 0.3 is 0 Å². The number of anilines is 1. The van der Waals surface area contributed by atoms with Gasteiger partial charge in [0.05, 0.1) is 0 Å². The van der Waals surface area contributed by atoms with Crippen LogP contribution in [-0.4, -0.2) is 29.7 Å². The van der Waals surface area contributed by atoms with Gasteiger partial charge in [0.25, 0.3) is 5.91 Å². The van der Waals surface area contributed by atoms with Crippen LogP contribution in [0.15, 0.2) is 36.0 Å². The van der Waals surface area contributed by atoms with Crippen molar-refractivity contribution >= 4 is 17.4 Å². The number of nitriles is 1. The second-order valence-corrected chi connectivity index (χ2v) is 6.20. The van der Waals surface area contributed by atoms with Gasteiger partial charge in [0.1, 0.15) is 11.6 Å². The Morgan fingerprint density at radius 3 is 2.38 bits per heavy atom. The van der Waals surface area contributed by atoms with Crippen molar-refractivity contribution in [2.75, 3.05) is 12.4 Å². The maximum Gasteiger partial charge on any atom is 0.267 e. The van der Waals surface area contributed by atoms with Crippen molar-refractivity contribution in [3.63, 3.8) is 0 Å². The summed E-state index contributed by atoms with van der Waals surface area (Å²) >= 11 is 0. The first kappa shape index (κ1) is 17.7. The zero-order valence-electron chi connectivity index (χ0n) is 14.2. The Morgan fingerprint density at radius 1 is 1.21 bits per heavy atom. The molecular formula is C19H23N3O2. The lowest BCUT2D eigenvalue weighted by Gasteiger charge is -2.30. The Kier molecular flexibility index (Phi) is 6.14. The summed E-state index contributed by atoms with van der Waals surface area (Å²) in [5.74, 6) is -0.463. The van der Waals surface area contributed by atoms with E-state index in [-0.39, 0.29) is 11.4 Å². The van der Waals surface area contributed by atoms with Crippen molar-refractivity contribution in [2.24, 2.45) is 0 Å². The second-order valence-electron chi connectivity index (χ2n) is 6.20. The topological polar surface area (TPSA) is 73.2 Å². The minimum absolute atomic E-state index is 0.0282. The molecule has 0 aromatic heterocycles. The lowest BCUT2D eigenvalue weighted by atomic mass is 9.94. The maximum absolute atomic E-state index is 12.3. The summed E-state index contributed by atoms with van der Waals surface area (Å²) < 4.78 is 0. The highest BCUT2D eigenvalue weighted by Crippen LogP contribution is 2.22. The average Bonchev–Trinajstić information content (AvgIpc) is 2.60. The van der Waals surface area contributed by atoms with E-state index in [9.17, 15) is 14.9 Å². The van der Waals surface area contributed by atoms with Gasteiger partial charge in [0.2, 0.25) is 0 Å². The van der Waals surface area contributed by atoms with Crippen molar-refractivity contribution < 1.29 is 9.59 Å². The van der Waals surface area contributed by atoms with Crippen LogP contribution in [0.2, 0.25) is 0 Å². The Labute approximate surface area is 143 Å². The first-order chi connectivity index (χ1) is 11.5. The second kappa shape index (κ2) is 8.30. The zero-order chi connectivity index (χ0) is 17.5. The van der Waals surface area contributed by atoms with Gasteiger partial charge in [-0.15, -0.1) is 0 Å². The van der Waals surface area contributed by atoms with Crippen molar-refractivity contribution in [1.29, 1.82) is 5.26 Å². The van der Waals surface area contributed by atoms with Crippen molar-refractivity contribution in [2.45, 2.75) is 45.1 Å². The van der Waals surface area contributed by atoms with Crippen LogP contribution in [0.3, 0.4) is 0 Å². The molecule has 5 heteroatoms. The van der Waals surface area contributed by atoms with E-state index in [0.29, 0.717) is 17.3 Å². The fraction of sp³-hybridized carbons (Fsp3) is 0.421. The van der Waals surface area contributed by atoms with E-state index >= 15 is 0 Å². The van der Waals surface area contributed by atoms with Crippen LogP contribution in [-0.2, 0) is 4.79 Å². The van der Waals surface area contributed by atoms with E-state index in [1.165, 1.54) is 26.2 Å². The number of rotatable bonds is 5. The van der Waals surface area contributed by atoms with Crippen molar-refractivity contribution in [3.05, 3.63) is 41.6 Å². The Hall–Kier alpha value is -2.61. The molecule has 1 fully saturated rings. The van der Waals surface area contributed by atoms with Gasteiger partial charge in [-0.2, -0.15) is 5.26 Å². The quantitative estimate of drug-likeness (QED) is 0.511. The molecule has 5 nitrogen and oxygen atoms in total. The Bertz CT molecular complexity index is 665. The van der Waals surface area contributed by atoms with Gasteiger partial charge in [-0.3, -0.25) is 9.59 Å². The normalized spacial score (nSPS) is 15.5. The zero-order valence-corrected chi connectivity index (χ0v) is 14.2. The molecule has 0 spiro atoms. The molecule has 1 saturated carbocycles. The Balaban J connectivity index is 2.03. The lowest BCUT2D eigenvalue weighted by Crippen LogP contribution is -2.30. The first-order valence-corrected chi connectivity index (χ1v) is 8.27. The largest absolute Gasteiger partial charge is 0.376 e. The van der Waals surface area contributed by atoms with Crippen LogP contribution in [0.25, 0.3) is 0 Å². The molecule has 0 aliphatic heterocycles. The van der Waals surface area contributed by atoms with Gasteiger partial charge in [-0.25, -0.2) is 0 Å². The maximum atomic E-state index is 12.3. The van der Waals surface area contributed by atoms with E-state index in [1.54, 1.807) is 30.5 Å². The third-order valence-electron chi connectivity index (χ3n) is 4.40. The van der Waals surface area contributed by atoms with Gasteiger partial charge in [0.15, 0.2) is 5.78 Å². The number of Topliss-reactive ketones (excluding diaryl/α,β-unsaturated/α-hetero) is 1. The van der Waals surface area contributed by atoms with Crippen LogP contribution < -0.4 is 5.32 Å². The molecule has 0 radical (unpaired) electrons. The van der Waals surface area contributed by atoms with Crippen LogP contribution in [0.5, 0.6) is 0 Å². The highest BCUT2D eigenvalue weighted by molar-refractivity contribution is 6.06. The third-order valence-corrected chi connectivity index (χ3v) is 4.40. The monoisotopic (exact) mass is 325 g/mol. The molecule has 1 aliphatic carbocycles. The summed E-state index contributed by atoms with van der Waals surface area (Å²) in [6.45, 7) is 1.49. The smallest absolute Gasteiger partial charge is 0.267 e. The molecule has 1 N–H and O–H groups in total. The molecule has 1 amide bonds. The number of hydrogen-bond acceptors (Lipinski definition) is 4. The molecule has 1 aromatic carbocycles. The van der Waals surface area contributed by atoms with Crippen LogP contribution in [0.1, 0.15) is 49.4 Å². The van der Waals surface area contributed by atoms with E-state index in [4.69, 9.17) is 0 Å². The van der Waals surface area contributed by atoms with E-state index in [0.717, 1.165) is 12.8 Å². The third kappa shape index (κ3) is 4.69. The summed E-state index contributed by atoms with van der Waals surface area (Å²) in [7, 11) is 1.92. The molecule has 0 atom stereocenters. The number of nitrogens with zero attached hydrogens (tertiary/aromatic N) is 2. The molecule has 2 rings (SSSR count). The molecule has 1 aliphatic rings. The SMILES string of the molecule is CC(=O)c1ccc(NC(=O)/C(C#N)=C\N(C)C2CCCCC2)cc1. The number of carbonyl (C=O) groups is 2. The minimum Gasteiger partial charge on any atom is -0.376 e. The summed E-state index contributed by atoms with van der Waals surface area (Å²) in [5, 5.41) is 12.0. The van der Waals surface area contributed by atoms with E-state index in [2.05, 4.69) is 5.32 Å². The van der Waals surface area contributed by atoms with E-state index < -0.39 is 5.91 Å². The van der Waals surface area contributed by atoms with Crippen LogP contribution in [0, 0.1) is 11.3 Å². The van der Waals surface area contributed by atoms with Crippen LogP contribution in [0.4, 0.5) is 5.69 Å². The van der Waals surface area contributed by atoms with Gasteiger partial charge in [-0.05, 0) is 44.0 Å². The minimum atomic E-state index is -0.435. The summed E-state index contributed by atoms with van der Waals surface area (Å²) in [5.41, 5.74) is 1.23. The lowest BCUT2D eigenvalue weighted by molar-refractivity contribution is -0.112. The van der Waals surface area contributed by atoms with Gasteiger partial charge < -0.3 is 10.2 Å². The number of benzene rings is 1. The Morgan fingerprint density at radius 2 is 1.83 bits per heavy atom. The molecule has 0 unspecified atom stereocenters. The number of ketones is 1. The van der Waals surface area contributed by atoms with Gasteiger partial charge in [0, 0.05) is 30.5 Å². The highest BCUT2D eigenvalue weighted by atomic mass is 16.1. The van der Waals surface area contributed by atoms with Gasteiger partial charge in [-0.1, -0.05) is 19.3 Å². The van der Waals surface area contributed by atoms with Crippen molar-refractivity contribution in [3.8, 4) is 6.07 Å². The van der Waals surface area contributed by atoms with E-state index in [1.807, 2.05) is 18.0 Å². The molecule has 1 aromatic rings. The first-order valence-electron chi connectivity index (χ1n) is 8.27. The summed E-state index contributed by atoms with van der Waals surface area (Å²) in [6.07, 6.45) is 7.48. The predicted molar refractivity (Wildman–Crippen MR) is 93.4 cm³/mol. The number of hydrogen-bond donors (Lipinski definition) is 1. The number of amides is 1. The molecule has 126 valence electrons. The van der Waals surface area contributed by atoms with Crippen LogP contribution >= 0.6 is 0 Å². The summed E-state index contributed by atoms with van der Waals surface area (Å²) in [4.78, 5) is 25.5. The van der Waals surface area contributed by atoms with Crippen molar-refractivity contribution in [1.82, 2.24) is 4.90 Å². The number of carbonyl (C=O) groups excluding carboxylic acids is 2. The fourth-order valence-electron chi connectivity index (χ4n) is 2.92. The summed E-state index contributed by atoms with van der Waals surface area (Å²) in [6, 6.07) is 9.00.